The Morgan fingerprint density at radius 3 is 2.63 bits per heavy atom. The molecule has 19 heavy (non-hydrogen) atoms. The summed E-state index contributed by atoms with van der Waals surface area (Å²) in [5.74, 6) is 0.416. The summed E-state index contributed by atoms with van der Waals surface area (Å²) in [4.78, 5) is 0.247. The number of aryl methyl sites for hydroxylation is 1. The van der Waals surface area contributed by atoms with Gasteiger partial charge in [0.2, 0.25) is 10.0 Å². The maximum absolute atomic E-state index is 12.6. The number of rotatable bonds is 4. The van der Waals surface area contributed by atoms with Gasteiger partial charge in [0, 0.05) is 13.1 Å². The van der Waals surface area contributed by atoms with Gasteiger partial charge in [0.15, 0.2) is 0 Å². The van der Waals surface area contributed by atoms with E-state index in [0.29, 0.717) is 38.7 Å². The predicted molar refractivity (Wildman–Crippen MR) is 71.9 cm³/mol. The average molecular weight is 285 g/mol. The van der Waals surface area contributed by atoms with Crippen molar-refractivity contribution in [2.24, 2.45) is 0 Å². The maximum atomic E-state index is 12.6. The summed E-state index contributed by atoms with van der Waals surface area (Å²) in [6, 6.07) is 5.23. The summed E-state index contributed by atoms with van der Waals surface area (Å²) in [6.45, 7) is 5.81. The normalized spacial score (nSPS) is 17.4. The van der Waals surface area contributed by atoms with Crippen molar-refractivity contribution in [1.82, 2.24) is 4.31 Å². The monoisotopic (exact) mass is 285 g/mol. The summed E-state index contributed by atoms with van der Waals surface area (Å²) >= 11 is 0. The second kappa shape index (κ2) is 5.90. The number of nitrogens with zero attached hydrogens (tertiary/aromatic N) is 1. The first-order valence-corrected chi connectivity index (χ1v) is 7.81. The first kappa shape index (κ1) is 14.3. The van der Waals surface area contributed by atoms with Crippen LogP contribution in [0, 0.1) is 6.92 Å². The largest absolute Gasteiger partial charge is 0.492 e. The molecule has 0 amide bonds. The van der Waals surface area contributed by atoms with Crippen molar-refractivity contribution in [3.8, 4) is 5.75 Å². The molecule has 0 unspecified atom stereocenters. The molecule has 2 rings (SSSR count). The predicted octanol–water partition coefficient (Wildman–Crippen LogP) is 1.41. The zero-order valence-electron chi connectivity index (χ0n) is 11.3. The molecule has 1 aromatic carbocycles. The van der Waals surface area contributed by atoms with Crippen molar-refractivity contribution >= 4 is 10.0 Å². The van der Waals surface area contributed by atoms with Gasteiger partial charge in [-0.15, -0.1) is 0 Å². The van der Waals surface area contributed by atoms with E-state index in [-0.39, 0.29) is 4.90 Å². The van der Waals surface area contributed by atoms with Crippen LogP contribution >= 0.6 is 0 Å². The van der Waals surface area contributed by atoms with E-state index in [4.69, 9.17) is 9.47 Å². The van der Waals surface area contributed by atoms with E-state index >= 15 is 0 Å². The van der Waals surface area contributed by atoms with E-state index in [9.17, 15) is 8.42 Å². The van der Waals surface area contributed by atoms with Gasteiger partial charge in [-0.3, -0.25) is 0 Å². The molecule has 0 saturated carbocycles. The van der Waals surface area contributed by atoms with Gasteiger partial charge in [-0.1, -0.05) is 6.07 Å². The Balaban J connectivity index is 2.40. The standard InChI is InChI=1S/C13H19NO4S/c1-3-18-12-5-4-11(2)10-13(12)19(15,16)14-6-8-17-9-7-14/h4-5,10H,3,6-9H2,1-2H3. The topological polar surface area (TPSA) is 55.8 Å². The van der Waals surface area contributed by atoms with Crippen LogP contribution in [0.4, 0.5) is 0 Å². The Hall–Kier alpha value is -1.11. The van der Waals surface area contributed by atoms with Gasteiger partial charge in [-0.05, 0) is 31.5 Å². The van der Waals surface area contributed by atoms with Crippen LogP contribution in [-0.4, -0.2) is 45.6 Å². The van der Waals surface area contributed by atoms with Crippen LogP contribution in [-0.2, 0) is 14.8 Å². The van der Waals surface area contributed by atoms with Crippen LogP contribution in [0.3, 0.4) is 0 Å². The highest BCUT2D eigenvalue weighted by molar-refractivity contribution is 7.89. The molecule has 1 fully saturated rings. The minimum Gasteiger partial charge on any atom is -0.492 e. The molecular weight excluding hydrogens is 266 g/mol. The third-order valence-corrected chi connectivity index (χ3v) is 4.91. The zero-order chi connectivity index (χ0) is 13.9. The van der Waals surface area contributed by atoms with Gasteiger partial charge < -0.3 is 9.47 Å². The zero-order valence-corrected chi connectivity index (χ0v) is 12.1. The van der Waals surface area contributed by atoms with E-state index in [0.717, 1.165) is 5.56 Å². The fraction of sp³-hybridized carbons (Fsp3) is 0.538. The van der Waals surface area contributed by atoms with Crippen molar-refractivity contribution in [2.45, 2.75) is 18.7 Å². The van der Waals surface area contributed by atoms with Crippen molar-refractivity contribution in [2.75, 3.05) is 32.9 Å². The highest BCUT2D eigenvalue weighted by atomic mass is 32.2. The molecule has 1 aliphatic rings. The highest BCUT2D eigenvalue weighted by Gasteiger charge is 2.29. The van der Waals surface area contributed by atoms with Gasteiger partial charge in [-0.25, -0.2) is 8.42 Å². The summed E-state index contributed by atoms with van der Waals surface area (Å²) in [5.41, 5.74) is 0.898. The SMILES string of the molecule is CCOc1ccc(C)cc1S(=O)(=O)N1CCOCC1. The molecule has 0 radical (unpaired) electrons. The fourth-order valence-electron chi connectivity index (χ4n) is 2.02. The first-order chi connectivity index (χ1) is 9.05. The molecule has 106 valence electrons. The van der Waals surface area contributed by atoms with Crippen molar-refractivity contribution in [3.05, 3.63) is 23.8 Å². The average Bonchev–Trinajstić information content (AvgIpc) is 2.42. The fourth-order valence-corrected chi connectivity index (χ4v) is 3.64. The molecule has 5 nitrogen and oxygen atoms in total. The maximum Gasteiger partial charge on any atom is 0.246 e. The number of hydrogen-bond acceptors (Lipinski definition) is 4. The van der Waals surface area contributed by atoms with E-state index in [1.165, 1.54) is 4.31 Å². The summed E-state index contributed by atoms with van der Waals surface area (Å²) in [6.07, 6.45) is 0. The lowest BCUT2D eigenvalue weighted by Crippen LogP contribution is -2.40. The highest BCUT2D eigenvalue weighted by Crippen LogP contribution is 2.28. The molecule has 0 bridgehead atoms. The Kier molecular flexibility index (Phi) is 4.44. The van der Waals surface area contributed by atoms with Gasteiger partial charge >= 0.3 is 0 Å². The minimum atomic E-state index is -3.51. The Morgan fingerprint density at radius 1 is 1.32 bits per heavy atom. The number of ether oxygens (including phenoxy) is 2. The number of benzene rings is 1. The van der Waals surface area contributed by atoms with Crippen LogP contribution in [0.2, 0.25) is 0 Å². The van der Waals surface area contributed by atoms with E-state index < -0.39 is 10.0 Å². The van der Waals surface area contributed by atoms with Gasteiger partial charge in [0.25, 0.3) is 0 Å². The summed E-state index contributed by atoms with van der Waals surface area (Å²) < 4.78 is 37.3. The lowest BCUT2D eigenvalue weighted by Gasteiger charge is -2.26. The lowest BCUT2D eigenvalue weighted by atomic mass is 10.2. The Labute approximate surface area is 114 Å². The minimum absolute atomic E-state index is 0.247. The van der Waals surface area contributed by atoms with Crippen molar-refractivity contribution in [3.63, 3.8) is 0 Å². The van der Waals surface area contributed by atoms with Gasteiger partial charge in [0.05, 0.1) is 19.8 Å². The molecule has 1 saturated heterocycles. The van der Waals surface area contributed by atoms with Crippen LogP contribution in [0.25, 0.3) is 0 Å². The molecule has 0 atom stereocenters. The molecule has 0 spiro atoms. The number of hydrogen-bond donors (Lipinski definition) is 0. The van der Waals surface area contributed by atoms with Crippen LogP contribution in [0.15, 0.2) is 23.1 Å². The summed E-state index contributed by atoms with van der Waals surface area (Å²) in [7, 11) is -3.51. The molecule has 0 aromatic heterocycles. The van der Waals surface area contributed by atoms with Crippen molar-refractivity contribution < 1.29 is 17.9 Å². The Morgan fingerprint density at radius 2 is 2.00 bits per heavy atom. The first-order valence-electron chi connectivity index (χ1n) is 6.37. The lowest BCUT2D eigenvalue weighted by molar-refractivity contribution is 0.0729. The second-order valence-electron chi connectivity index (χ2n) is 4.40. The smallest absolute Gasteiger partial charge is 0.246 e. The van der Waals surface area contributed by atoms with Crippen LogP contribution in [0.5, 0.6) is 5.75 Å². The van der Waals surface area contributed by atoms with E-state index in [1.54, 1.807) is 12.1 Å². The molecule has 1 aliphatic heterocycles. The molecule has 1 heterocycles. The molecular formula is C13H19NO4S. The number of sulfonamides is 1. The molecule has 0 aliphatic carbocycles. The third-order valence-electron chi connectivity index (χ3n) is 2.99. The Bertz CT molecular complexity index is 536. The quantitative estimate of drug-likeness (QED) is 0.839. The van der Waals surface area contributed by atoms with E-state index in [1.807, 2.05) is 19.9 Å². The number of morpholine rings is 1. The van der Waals surface area contributed by atoms with Crippen LogP contribution in [0.1, 0.15) is 12.5 Å². The molecule has 6 heteroatoms. The molecule has 0 N–H and O–H groups in total. The van der Waals surface area contributed by atoms with Gasteiger partial charge in [0.1, 0.15) is 10.6 Å². The molecule has 1 aromatic rings. The van der Waals surface area contributed by atoms with Crippen LogP contribution < -0.4 is 4.74 Å². The van der Waals surface area contributed by atoms with Gasteiger partial charge in [-0.2, -0.15) is 4.31 Å². The summed E-state index contributed by atoms with van der Waals surface area (Å²) in [5, 5.41) is 0. The van der Waals surface area contributed by atoms with Crippen molar-refractivity contribution in [1.29, 1.82) is 0 Å². The second-order valence-corrected chi connectivity index (χ2v) is 6.31. The van der Waals surface area contributed by atoms with E-state index in [2.05, 4.69) is 0 Å². The third kappa shape index (κ3) is 3.08.